The molecular formula is C20H25NO. The molecule has 0 aliphatic heterocycles. The Morgan fingerprint density at radius 3 is 2.45 bits per heavy atom. The second kappa shape index (κ2) is 7.88. The Kier molecular flexibility index (Phi) is 5.88. The van der Waals surface area contributed by atoms with Gasteiger partial charge in [-0.2, -0.15) is 0 Å². The molecule has 0 fully saturated rings. The molecule has 116 valence electrons. The first-order valence-electron chi connectivity index (χ1n) is 8.06. The highest BCUT2D eigenvalue weighted by atomic mass is 16.1. The van der Waals surface area contributed by atoms with Crippen LogP contribution in [0.4, 0.5) is 0 Å². The lowest BCUT2D eigenvalue weighted by molar-refractivity contribution is -0.122. The zero-order chi connectivity index (χ0) is 15.9. The van der Waals surface area contributed by atoms with Gasteiger partial charge in [0.15, 0.2) is 0 Å². The largest absolute Gasteiger partial charge is 0.299 e. The Balaban J connectivity index is 1.88. The monoisotopic (exact) mass is 295 g/mol. The SMILES string of the molecule is CC(C)c1cncc(CCC(=O)[C@@H](C)Cc2ccccc2)c1. The summed E-state index contributed by atoms with van der Waals surface area (Å²) in [7, 11) is 0. The molecule has 1 atom stereocenters. The van der Waals surface area contributed by atoms with E-state index in [0.29, 0.717) is 18.1 Å². The van der Waals surface area contributed by atoms with Gasteiger partial charge >= 0.3 is 0 Å². The van der Waals surface area contributed by atoms with Crippen LogP contribution in [0.1, 0.15) is 49.8 Å². The molecule has 0 amide bonds. The van der Waals surface area contributed by atoms with Crippen molar-refractivity contribution in [1.82, 2.24) is 4.98 Å². The van der Waals surface area contributed by atoms with Crippen LogP contribution in [-0.4, -0.2) is 10.8 Å². The average molecular weight is 295 g/mol. The summed E-state index contributed by atoms with van der Waals surface area (Å²) in [6.45, 7) is 6.35. The van der Waals surface area contributed by atoms with Gasteiger partial charge in [0.2, 0.25) is 0 Å². The van der Waals surface area contributed by atoms with Crippen LogP contribution < -0.4 is 0 Å². The predicted octanol–water partition coefficient (Wildman–Crippen LogP) is 4.59. The van der Waals surface area contributed by atoms with Gasteiger partial charge in [0.25, 0.3) is 0 Å². The lowest BCUT2D eigenvalue weighted by Crippen LogP contribution is -2.14. The zero-order valence-corrected chi connectivity index (χ0v) is 13.8. The van der Waals surface area contributed by atoms with Crippen LogP contribution in [0, 0.1) is 5.92 Å². The van der Waals surface area contributed by atoms with Crippen LogP contribution in [0.3, 0.4) is 0 Å². The van der Waals surface area contributed by atoms with E-state index in [1.165, 1.54) is 11.1 Å². The maximum absolute atomic E-state index is 12.3. The van der Waals surface area contributed by atoms with Gasteiger partial charge in [0.1, 0.15) is 5.78 Å². The molecule has 2 aromatic rings. The Morgan fingerprint density at radius 2 is 1.77 bits per heavy atom. The first-order chi connectivity index (χ1) is 10.6. The number of hydrogen-bond acceptors (Lipinski definition) is 2. The first-order valence-corrected chi connectivity index (χ1v) is 8.06. The molecule has 0 saturated heterocycles. The van der Waals surface area contributed by atoms with Gasteiger partial charge in [0, 0.05) is 24.7 Å². The van der Waals surface area contributed by atoms with Crippen molar-refractivity contribution in [1.29, 1.82) is 0 Å². The van der Waals surface area contributed by atoms with Gasteiger partial charge in [0.05, 0.1) is 0 Å². The van der Waals surface area contributed by atoms with Crippen molar-refractivity contribution in [3.8, 4) is 0 Å². The molecule has 0 aliphatic carbocycles. The van der Waals surface area contributed by atoms with Crippen molar-refractivity contribution in [3.63, 3.8) is 0 Å². The predicted molar refractivity (Wildman–Crippen MR) is 91.0 cm³/mol. The van der Waals surface area contributed by atoms with Gasteiger partial charge in [-0.1, -0.05) is 57.2 Å². The smallest absolute Gasteiger partial charge is 0.136 e. The molecule has 0 saturated carbocycles. The minimum Gasteiger partial charge on any atom is -0.299 e. The number of carbonyl (C=O) groups is 1. The number of pyridine rings is 1. The molecule has 0 aliphatic rings. The summed E-state index contributed by atoms with van der Waals surface area (Å²) in [5, 5.41) is 0. The van der Waals surface area contributed by atoms with Crippen LogP contribution in [0.25, 0.3) is 0 Å². The van der Waals surface area contributed by atoms with E-state index in [4.69, 9.17) is 0 Å². The number of aryl methyl sites for hydroxylation is 1. The maximum Gasteiger partial charge on any atom is 0.136 e. The van der Waals surface area contributed by atoms with Crippen LogP contribution in [0.2, 0.25) is 0 Å². The number of hydrogen-bond donors (Lipinski definition) is 0. The average Bonchev–Trinajstić information content (AvgIpc) is 2.53. The van der Waals surface area contributed by atoms with E-state index in [1.807, 2.05) is 37.5 Å². The quantitative estimate of drug-likeness (QED) is 0.748. The molecule has 2 heteroatoms. The van der Waals surface area contributed by atoms with E-state index in [9.17, 15) is 4.79 Å². The number of ketones is 1. The Labute approximate surface area is 133 Å². The summed E-state index contributed by atoms with van der Waals surface area (Å²) < 4.78 is 0. The van der Waals surface area contributed by atoms with E-state index in [-0.39, 0.29) is 5.92 Å². The molecular weight excluding hydrogens is 270 g/mol. The number of nitrogens with zero attached hydrogens (tertiary/aromatic N) is 1. The summed E-state index contributed by atoms with van der Waals surface area (Å²) >= 11 is 0. The Bertz CT molecular complexity index is 604. The van der Waals surface area contributed by atoms with Crippen LogP contribution in [0.15, 0.2) is 48.8 Å². The number of Topliss-reactive ketones (excluding diaryl/α,β-unsaturated/α-hetero) is 1. The molecule has 0 N–H and O–H groups in total. The van der Waals surface area contributed by atoms with Gasteiger partial charge in [-0.15, -0.1) is 0 Å². The third-order valence-corrected chi connectivity index (χ3v) is 4.08. The van der Waals surface area contributed by atoms with Crippen molar-refractivity contribution < 1.29 is 4.79 Å². The number of aromatic nitrogens is 1. The third kappa shape index (κ3) is 4.80. The van der Waals surface area contributed by atoms with E-state index in [0.717, 1.165) is 18.4 Å². The molecule has 0 radical (unpaired) electrons. The van der Waals surface area contributed by atoms with E-state index >= 15 is 0 Å². The van der Waals surface area contributed by atoms with Gasteiger partial charge in [-0.05, 0) is 35.4 Å². The van der Waals surface area contributed by atoms with E-state index < -0.39 is 0 Å². The minimum absolute atomic E-state index is 0.0728. The Morgan fingerprint density at radius 1 is 1.05 bits per heavy atom. The fourth-order valence-corrected chi connectivity index (χ4v) is 2.56. The zero-order valence-electron chi connectivity index (χ0n) is 13.8. The fourth-order valence-electron chi connectivity index (χ4n) is 2.56. The highest BCUT2D eigenvalue weighted by molar-refractivity contribution is 5.81. The minimum atomic E-state index is 0.0728. The van der Waals surface area contributed by atoms with Crippen molar-refractivity contribution in [2.24, 2.45) is 5.92 Å². The lowest BCUT2D eigenvalue weighted by atomic mass is 9.93. The standard InChI is InChI=1S/C20H25NO/c1-15(2)19-12-18(13-21-14-19)9-10-20(22)16(3)11-17-7-5-4-6-8-17/h4-8,12-16H,9-11H2,1-3H3/t16-/m0/s1. The van der Waals surface area contributed by atoms with Crippen LogP contribution in [-0.2, 0) is 17.6 Å². The lowest BCUT2D eigenvalue weighted by Gasteiger charge is -2.11. The summed E-state index contributed by atoms with van der Waals surface area (Å²) in [5.41, 5.74) is 3.63. The molecule has 0 bridgehead atoms. The summed E-state index contributed by atoms with van der Waals surface area (Å²) in [5.74, 6) is 0.877. The second-order valence-corrected chi connectivity index (χ2v) is 6.34. The maximum atomic E-state index is 12.3. The van der Waals surface area contributed by atoms with Gasteiger partial charge < -0.3 is 0 Å². The first kappa shape index (κ1) is 16.4. The summed E-state index contributed by atoms with van der Waals surface area (Å²) in [6.07, 6.45) is 5.99. The van der Waals surface area contributed by atoms with Gasteiger partial charge in [-0.3, -0.25) is 9.78 Å². The van der Waals surface area contributed by atoms with E-state index in [2.05, 4.69) is 37.0 Å². The topological polar surface area (TPSA) is 30.0 Å². The summed E-state index contributed by atoms with van der Waals surface area (Å²) in [6, 6.07) is 12.4. The third-order valence-electron chi connectivity index (χ3n) is 4.08. The molecule has 2 nitrogen and oxygen atoms in total. The molecule has 1 heterocycles. The highest BCUT2D eigenvalue weighted by Gasteiger charge is 2.13. The highest BCUT2D eigenvalue weighted by Crippen LogP contribution is 2.16. The number of carbonyl (C=O) groups excluding carboxylic acids is 1. The van der Waals surface area contributed by atoms with Crippen molar-refractivity contribution >= 4 is 5.78 Å². The number of benzene rings is 1. The van der Waals surface area contributed by atoms with Crippen molar-refractivity contribution in [3.05, 3.63) is 65.5 Å². The van der Waals surface area contributed by atoms with Gasteiger partial charge in [-0.25, -0.2) is 0 Å². The normalized spacial score (nSPS) is 12.4. The second-order valence-electron chi connectivity index (χ2n) is 6.34. The molecule has 22 heavy (non-hydrogen) atoms. The van der Waals surface area contributed by atoms with Crippen LogP contribution >= 0.6 is 0 Å². The van der Waals surface area contributed by atoms with Crippen molar-refractivity contribution in [2.75, 3.05) is 0 Å². The molecule has 0 unspecified atom stereocenters. The fraction of sp³-hybridized carbons (Fsp3) is 0.400. The molecule has 1 aromatic heterocycles. The molecule has 2 rings (SSSR count). The van der Waals surface area contributed by atoms with Crippen molar-refractivity contribution in [2.45, 2.75) is 46.0 Å². The van der Waals surface area contributed by atoms with E-state index in [1.54, 1.807) is 0 Å². The molecule has 0 spiro atoms. The molecule has 1 aromatic carbocycles. The Hall–Kier alpha value is -1.96. The van der Waals surface area contributed by atoms with Crippen LogP contribution in [0.5, 0.6) is 0 Å². The number of rotatable bonds is 7. The summed E-state index contributed by atoms with van der Waals surface area (Å²) in [4.78, 5) is 16.6.